The second kappa shape index (κ2) is 12.1. The number of aliphatic hydroxyl groups excluding tert-OH is 2. The van der Waals surface area contributed by atoms with Crippen LogP contribution in [0.15, 0.2) is 0 Å². The van der Waals surface area contributed by atoms with Crippen molar-refractivity contribution >= 4 is 15.2 Å². The van der Waals surface area contributed by atoms with Crippen molar-refractivity contribution in [3.8, 4) is 0 Å². The van der Waals surface area contributed by atoms with Crippen molar-refractivity contribution in [2.75, 3.05) is 0 Å². The Bertz CT molecular complexity index is 891. The third kappa shape index (κ3) is 6.01. The molecule has 4 aliphatic rings. The third-order valence-electron chi connectivity index (χ3n) is 11.3. The minimum atomic E-state index is -5.77. The van der Waals surface area contributed by atoms with E-state index in [1.54, 1.807) is 0 Å². The summed E-state index contributed by atoms with van der Waals surface area (Å²) in [5.41, 5.74) is -0.00468. The monoisotopic (exact) mass is 582 g/mol. The molecule has 13 heteroatoms. The van der Waals surface area contributed by atoms with Crippen LogP contribution in [0.3, 0.4) is 0 Å². The van der Waals surface area contributed by atoms with Crippen molar-refractivity contribution in [1.29, 1.82) is 0 Å². The van der Waals surface area contributed by atoms with E-state index >= 15 is 0 Å². The fourth-order valence-electron chi connectivity index (χ4n) is 9.24. The zero-order valence-electron chi connectivity index (χ0n) is 23.0. The summed E-state index contributed by atoms with van der Waals surface area (Å²) in [6.07, 6.45) is 5.47. The Hall–Kier alpha value is 2.18. The minimum Gasteiger partial charge on any atom is -0.776 e. The maximum absolute atomic E-state index is 11.6. The van der Waals surface area contributed by atoms with Crippen LogP contribution in [0.5, 0.6) is 0 Å². The van der Waals surface area contributed by atoms with Gasteiger partial charge in [0.25, 0.3) is 0 Å². The van der Waals surface area contributed by atoms with Crippen LogP contribution in [0.4, 0.5) is 0 Å². The molecule has 0 amide bonds. The molecule has 0 radical (unpaired) electrons. The number of rotatable bonds is 6. The standard InChI is InChI=1S/C24H44O9P2.2Na/c1-14(6-11-24(27,34(28,29)30)35(31,32)33)17-4-5-18-21-19(8-10-23(17,18)3)22(2)9-7-16(25)12-15(22)13-20(21)26;;/h14-21,25-27H,4-13H2,1-3H3,(H2,28,29,30)(H2,31,32,33);;/q;2*+1/p-2/t14-,15?,16-,17-,18?,19?,20-,21?,22+,23-;;/m1../s1. The fourth-order valence-corrected chi connectivity index (χ4v) is 11.3. The Kier molecular flexibility index (Phi) is 11.5. The van der Waals surface area contributed by atoms with E-state index in [0.717, 1.165) is 44.9 Å². The van der Waals surface area contributed by atoms with Gasteiger partial charge in [-0.2, -0.15) is 0 Å². The zero-order chi connectivity index (χ0) is 26.2. The van der Waals surface area contributed by atoms with Gasteiger partial charge in [0, 0.05) is 0 Å². The number of hydrogen-bond acceptors (Lipinski definition) is 7. The Morgan fingerprint density at radius 3 is 2.03 bits per heavy atom. The van der Waals surface area contributed by atoms with Gasteiger partial charge < -0.3 is 44.0 Å². The summed E-state index contributed by atoms with van der Waals surface area (Å²) < 4.78 is 23.3. The Labute approximate surface area is 264 Å². The van der Waals surface area contributed by atoms with Crippen LogP contribution in [0.2, 0.25) is 0 Å². The van der Waals surface area contributed by atoms with Gasteiger partial charge in [-0.25, -0.2) is 0 Å². The van der Waals surface area contributed by atoms with Crippen LogP contribution in [-0.4, -0.2) is 42.4 Å². The molecule has 0 saturated heterocycles. The molecule has 9 nitrogen and oxygen atoms in total. The summed E-state index contributed by atoms with van der Waals surface area (Å²) in [5, 5.41) is 28.2. The van der Waals surface area contributed by atoms with Gasteiger partial charge in [-0.05, 0) is 111 Å². The largest absolute Gasteiger partial charge is 1.00 e. The predicted molar refractivity (Wildman–Crippen MR) is 126 cm³/mol. The molecule has 4 rings (SSSR count). The van der Waals surface area contributed by atoms with Crippen LogP contribution in [-0.2, 0) is 9.13 Å². The van der Waals surface area contributed by atoms with Crippen molar-refractivity contribution in [2.45, 2.75) is 102 Å². The first-order valence-corrected chi connectivity index (χ1v) is 16.3. The number of aliphatic hydroxyl groups is 3. The van der Waals surface area contributed by atoms with E-state index in [9.17, 15) is 44.0 Å². The average molecular weight is 583 g/mol. The first kappa shape index (κ1) is 35.4. The molecule has 0 spiro atoms. The molecule has 4 fully saturated rings. The van der Waals surface area contributed by atoms with E-state index in [2.05, 4.69) is 13.8 Å². The fraction of sp³-hybridized carbons (Fsp3) is 1.00. The summed E-state index contributed by atoms with van der Waals surface area (Å²) in [6, 6.07) is 0. The molecule has 0 aliphatic heterocycles. The first-order chi connectivity index (χ1) is 16.0. The van der Waals surface area contributed by atoms with Crippen LogP contribution >= 0.6 is 15.2 Å². The van der Waals surface area contributed by atoms with Crippen molar-refractivity contribution in [3.63, 3.8) is 0 Å². The molecule has 0 aromatic carbocycles. The molecule has 0 bridgehead atoms. The maximum Gasteiger partial charge on any atom is 1.00 e. The second-order valence-electron chi connectivity index (χ2n) is 12.8. The minimum absolute atomic E-state index is 0. The molecule has 0 heterocycles. The SMILES string of the molecule is C[C@H](CCC(O)(P(=O)([O-])O)P(=O)([O-])O)[C@H]1CCC2C3C(CC[C@@]21C)[C@@]1(C)CC[C@@H](O)CC1C[C@H]3O.[Na+].[Na+]. The predicted octanol–water partition coefficient (Wildman–Crippen LogP) is -3.86. The van der Waals surface area contributed by atoms with Crippen molar-refractivity contribution in [1.82, 2.24) is 0 Å². The normalized spacial score (nSPS) is 46.8. The number of hydrogen-bond donors (Lipinski definition) is 5. The maximum atomic E-state index is 11.6. The quantitative estimate of drug-likeness (QED) is 0.155. The van der Waals surface area contributed by atoms with E-state index in [1.807, 2.05) is 6.92 Å². The van der Waals surface area contributed by atoms with Crippen molar-refractivity contribution < 1.29 is 103 Å². The average Bonchev–Trinajstić information content (AvgIpc) is 3.08. The summed E-state index contributed by atoms with van der Waals surface area (Å²) in [6.45, 7) is 6.48. The summed E-state index contributed by atoms with van der Waals surface area (Å²) in [4.78, 5) is 42.0. The van der Waals surface area contributed by atoms with Gasteiger partial charge in [0.15, 0.2) is 20.3 Å². The topological polar surface area (TPSA) is 181 Å². The molecule has 0 aromatic rings. The van der Waals surface area contributed by atoms with Crippen molar-refractivity contribution in [3.05, 3.63) is 0 Å². The number of fused-ring (bicyclic) bond motifs is 5. The second-order valence-corrected chi connectivity index (χ2v) is 16.7. The van der Waals surface area contributed by atoms with Crippen LogP contribution in [0.25, 0.3) is 0 Å². The van der Waals surface area contributed by atoms with Crippen molar-refractivity contribution in [2.24, 2.45) is 46.3 Å². The Morgan fingerprint density at radius 2 is 1.46 bits per heavy atom. The van der Waals surface area contributed by atoms with Crippen LogP contribution < -0.4 is 68.9 Å². The van der Waals surface area contributed by atoms with Gasteiger partial charge in [-0.15, -0.1) is 0 Å². The van der Waals surface area contributed by atoms with Crippen LogP contribution in [0.1, 0.15) is 85.0 Å². The van der Waals surface area contributed by atoms with Gasteiger partial charge in [0.2, 0.25) is 0 Å². The molecule has 4 saturated carbocycles. The zero-order valence-corrected chi connectivity index (χ0v) is 28.7. The summed E-state index contributed by atoms with van der Waals surface area (Å²) >= 11 is 0. The molecule has 37 heavy (non-hydrogen) atoms. The molecule has 6 unspecified atom stereocenters. The molecule has 0 aromatic heterocycles. The molecular formula is C24H42Na2O9P2. The molecule has 4 aliphatic carbocycles. The van der Waals surface area contributed by atoms with Gasteiger partial charge in [-0.1, -0.05) is 20.8 Å². The van der Waals surface area contributed by atoms with Gasteiger partial charge >= 0.3 is 59.1 Å². The van der Waals surface area contributed by atoms with E-state index in [4.69, 9.17) is 0 Å². The molecular weight excluding hydrogens is 540 g/mol. The van der Waals surface area contributed by atoms with Gasteiger partial charge in [0.05, 0.1) is 12.2 Å². The molecule has 5 N–H and O–H groups in total. The summed E-state index contributed by atoms with van der Waals surface area (Å²) in [7, 11) is -11.5. The van der Waals surface area contributed by atoms with E-state index in [0.29, 0.717) is 24.2 Å². The smallest absolute Gasteiger partial charge is 0.776 e. The van der Waals surface area contributed by atoms with E-state index < -0.39 is 32.8 Å². The van der Waals surface area contributed by atoms with Crippen LogP contribution in [0, 0.1) is 46.3 Å². The Morgan fingerprint density at radius 1 is 0.919 bits per heavy atom. The third-order valence-corrected chi connectivity index (χ3v) is 15.0. The first-order valence-electron chi connectivity index (χ1n) is 13.1. The summed E-state index contributed by atoms with van der Waals surface area (Å²) in [5.74, 6) is 1.15. The van der Waals surface area contributed by atoms with Gasteiger partial charge in [0.1, 0.15) is 0 Å². The van der Waals surface area contributed by atoms with E-state index in [-0.39, 0.29) is 100 Å². The van der Waals surface area contributed by atoms with E-state index in [1.165, 1.54) is 0 Å². The van der Waals surface area contributed by atoms with Gasteiger partial charge in [-0.3, -0.25) is 0 Å². The Balaban J connectivity index is 0.00000241. The molecule has 204 valence electrons. The molecule has 12 atom stereocenters.